The molecule has 4 N–H and O–H groups in total. The second-order valence-corrected chi connectivity index (χ2v) is 4.75. The monoisotopic (exact) mass is 277 g/mol. The van der Waals surface area contributed by atoms with Crippen LogP contribution in [0.15, 0.2) is 24.3 Å². The van der Waals surface area contributed by atoms with Gasteiger partial charge in [-0.25, -0.2) is 0 Å². The first-order valence-electron chi connectivity index (χ1n) is 6.68. The van der Waals surface area contributed by atoms with E-state index >= 15 is 0 Å². The number of ether oxygens (including phenoxy) is 1. The van der Waals surface area contributed by atoms with Gasteiger partial charge in [-0.1, -0.05) is 6.07 Å². The highest BCUT2D eigenvalue weighted by atomic mass is 16.5. The summed E-state index contributed by atoms with van der Waals surface area (Å²) in [6.45, 7) is 2.04. The lowest BCUT2D eigenvalue weighted by molar-refractivity contribution is -0.122. The van der Waals surface area contributed by atoms with E-state index in [1.807, 2.05) is 0 Å². The Balaban J connectivity index is 1.73. The maximum Gasteiger partial charge on any atom is 0.248 e. The van der Waals surface area contributed by atoms with Crippen LogP contribution in [0.25, 0.3) is 0 Å². The minimum absolute atomic E-state index is 0.0234. The molecule has 2 rings (SSSR count). The molecule has 0 radical (unpaired) electrons. The van der Waals surface area contributed by atoms with Crippen molar-refractivity contribution in [1.82, 2.24) is 10.6 Å². The van der Waals surface area contributed by atoms with Crippen LogP contribution >= 0.6 is 0 Å². The fourth-order valence-corrected chi connectivity index (χ4v) is 2.08. The number of rotatable bonds is 6. The highest BCUT2D eigenvalue weighted by Crippen LogP contribution is 2.13. The zero-order valence-electron chi connectivity index (χ0n) is 11.2. The molecule has 1 unspecified atom stereocenters. The molecule has 1 saturated heterocycles. The number of amides is 2. The molecule has 1 atom stereocenters. The van der Waals surface area contributed by atoms with Crippen LogP contribution < -0.4 is 21.1 Å². The largest absolute Gasteiger partial charge is 0.493 e. The molecule has 6 nitrogen and oxygen atoms in total. The van der Waals surface area contributed by atoms with E-state index in [4.69, 9.17) is 10.5 Å². The number of carbonyl (C=O) groups excluding carboxylic acids is 2. The van der Waals surface area contributed by atoms with Crippen LogP contribution in [0.1, 0.15) is 23.2 Å². The standard InChI is InChI=1S/C14H19N3O3/c15-14(19)10-2-1-3-12(8-10)20-7-5-13(18)17-11-4-6-16-9-11/h1-3,8,11,16H,4-7,9H2,(H2,15,19)(H,17,18). The van der Waals surface area contributed by atoms with Crippen molar-refractivity contribution in [3.8, 4) is 5.75 Å². The van der Waals surface area contributed by atoms with E-state index in [9.17, 15) is 9.59 Å². The van der Waals surface area contributed by atoms with Gasteiger partial charge in [-0.05, 0) is 31.2 Å². The number of nitrogens with one attached hydrogen (secondary N) is 2. The second-order valence-electron chi connectivity index (χ2n) is 4.75. The lowest BCUT2D eigenvalue weighted by Crippen LogP contribution is -2.36. The Bertz CT molecular complexity index is 484. The first-order valence-corrected chi connectivity index (χ1v) is 6.68. The van der Waals surface area contributed by atoms with Gasteiger partial charge >= 0.3 is 0 Å². The Hall–Kier alpha value is -2.08. The Kier molecular flexibility index (Phi) is 4.95. The highest BCUT2D eigenvalue weighted by molar-refractivity contribution is 5.93. The summed E-state index contributed by atoms with van der Waals surface area (Å²) < 4.78 is 5.45. The third kappa shape index (κ3) is 4.24. The minimum atomic E-state index is -0.498. The van der Waals surface area contributed by atoms with Crippen LogP contribution in [0, 0.1) is 0 Å². The first-order chi connectivity index (χ1) is 9.65. The van der Waals surface area contributed by atoms with Crippen molar-refractivity contribution in [3.63, 3.8) is 0 Å². The second kappa shape index (κ2) is 6.91. The summed E-state index contributed by atoms with van der Waals surface area (Å²) in [5.41, 5.74) is 5.58. The van der Waals surface area contributed by atoms with Gasteiger partial charge in [-0.2, -0.15) is 0 Å². The lowest BCUT2D eigenvalue weighted by atomic mass is 10.2. The summed E-state index contributed by atoms with van der Waals surface area (Å²) in [6.07, 6.45) is 1.25. The van der Waals surface area contributed by atoms with E-state index in [0.29, 0.717) is 11.3 Å². The van der Waals surface area contributed by atoms with Crippen molar-refractivity contribution < 1.29 is 14.3 Å². The molecule has 1 aromatic carbocycles. The number of hydrogen-bond donors (Lipinski definition) is 3. The van der Waals surface area contributed by atoms with Crippen LogP contribution in [-0.4, -0.2) is 37.6 Å². The van der Waals surface area contributed by atoms with Crippen LogP contribution in [0.2, 0.25) is 0 Å². The van der Waals surface area contributed by atoms with Gasteiger partial charge < -0.3 is 21.1 Å². The van der Waals surface area contributed by atoms with E-state index in [1.165, 1.54) is 0 Å². The van der Waals surface area contributed by atoms with Gasteiger partial charge in [0, 0.05) is 18.2 Å². The molecule has 1 aromatic rings. The SMILES string of the molecule is NC(=O)c1cccc(OCCC(=O)NC2CCNC2)c1. The molecule has 6 heteroatoms. The zero-order valence-corrected chi connectivity index (χ0v) is 11.2. The molecular formula is C14H19N3O3. The molecule has 0 saturated carbocycles. The molecule has 0 spiro atoms. The molecular weight excluding hydrogens is 258 g/mol. The summed E-state index contributed by atoms with van der Waals surface area (Å²) in [6, 6.07) is 6.84. The van der Waals surface area contributed by atoms with Gasteiger partial charge in [-0.15, -0.1) is 0 Å². The molecule has 0 aromatic heterocycles. The fraction of sp³-hybridized carbons (Fsp3) is 0.429. The Labute approximate surface area is 117 Å². The number of hydrogen-bond acceptors (Lipinski definition) is 4. The van der Waals surface area contributed by atoms with E-state index < -0.39 is 5.91 Å². The van der Waals surface area contributed by atoms with Crippen molar-refractivity contribution in [2.75, 3.05) is 19.7 Å². The number of nitrogens with two attached hydrogens (primary N) is 1. The van der Waals surface area contributed by atoms with Crippen molar-refractivity contribution in [2.24, 2.45) is 5.73 Å². The van der Waals surface area contributed by atoms with Crippen molar-refractivity contribution in [1.29, 1.82) is 0 Å². The predicted molar refractivity (Wildman–Crippen MR) is 74.5 cm³/mol. The van der Waals surface area contributed by atoms with Crippen LogP contribution in [-0.2, 0) is 4.79 Å². The molecule has 1 heterocycles. The van der Waals surface area contributed by atoms with Gasteiger partial charge in [0.2, 0.25) is 11.8 Å². The van der Waals surface area contributed by atoms with Gasteiger partial charge in [-0.3, -0.25) is 9.59 Å². The summed E-state index contributed by atoms with van der Waals surface area (Å²) >= 11 is 0. The molecule has 1 aliphatic rings. The number of carbonyl (C=O) groups is 2. The average Bonchev–Trinajstić information content (AvgIpc) is 2.92. The Morgan fingerprint density at radius 2 is 2.30 bits per heavy atom. The summed E-state index contributed by atoms with van der Waals surface area (Å²) in [7, 11) is 0. The molecule has 0 aliphatic carbocycles. The number of primary amides is 1. The summed E-state index contributed by atoms with van der Waals surface area (Å²) in [5, 5.41) is 6.13. The van der Waals surface area contributed by atoms with Crippen LogP contribution in [0.5, 0.6) is 5.75 Å². The highest BCUT2D eigenvalue weighted by Gasteiger charge is 2.16. The van der Waals surface area contributed by atoms with E-state index in [0.717, 1.165) is 19.5 Å². The Morgan fingerprint density at radius 3 is 3.00 bits per heavy atom. The maximum atomic E-state index is 11.7. The smallest absolute Gasteiger partial charge is 0.248 e. The van der Waals surface area contributed by atoms with Gasteiger partial charge in [0.1, 0.15) is 5.75 Å². The van der Waals surface area contributed by atoms with E-state index in [2.05, 4.69) is 10.6 Å². The van der Waals surface area contributed by atoms with Crippen molar-refractivity contribution >= 4 is 11.8 Å². The molecule has 1 aliphatic heterocycles. The molecule has 108 valence electrons. The van der Waals surface area contributed by atoms with E-state index in [1.54, 1.807) is 24.3 Å². The normalized spacial score (nSPS) is 17.7. The fourth-order valence-electron chi connectivity index (χ4n) is 2.08. The zero-order chi connectivity index (χ0) is 14.4. The quantitative estimate of drug-likeness (QED) is 0.684. The lowest BCUT2D eigenvalue weighted by Gasteiger charge is -2.11. The minimum Gasteiger partial charge on any atom is -0.493 e. The van der Waals surface area contributed by atoms with Gasteiger partial charge in [0.05, 0.1) is 13.0 Å². The first kappa shape index (κ1) is 14.3. The molecule has 0 bridgehead atoms. The van der Waals surface area contributed by atoms with Gasteiger partial charge in [0.25, 0.3) is 0 Å². The average molecular weight is 277 g/mol. The number of benzene rings is 1. The summed E-state index contributed by atoms with van der Waals surface area (Å²) in [4.78, 5) is 22.7. The third-order valence-electron chi connectivity index (χ3n) is 3.14. The predicted octanol–water partition coefficient (Wildman–Crippen LogP) is 0.0325. The topological polar surface area (TPSA) is 93.5 Å². The van der Waals surface area contributed by atoms with Gasteiger partial charge in [0.15, 0.2) is 0 Å². The molecule has 20 heavy (non-hydrogen) atoms. The van der Waals surface area contributed by atoms with Crippen molar-refractivity contribution in [3.05, 3.63) is 29.8 Å². The molecule has 1 fully saturated rings. The summed E-state index contributed by atoms with van der Waals surface area (Å²) in [5.74, 6) is 0.0170. The van der Waals surface area contributed by atoms with E-state index in [-0.39, 0.29) is 25.0 Å². The molecule has 2 amide bonds. The third-order valence-corrected chi connectivity index (χ3v) is 3.14. The van der Waals surface area contributed by atoms with Crippen LogP contribution in [0.3, 0.4) is 0 Å². The van der Waals surface area contributed by atoms with Crippen molar-refractivity contribution in [2.45, 2.75) is 18.9 Å². The maximum absolute atomic E-state index is 11.7. The van der Waals surface area contributed by atoms with Crippen LogP contribution in [0.4, 0.5) is 0 Å². The Morgan fingerprint density at radius 1 is 1.45 bits per heavy atom.